The predicted octanol–water partition coefficient (Wildman–Crippen LogP) is 0.866. The number of hydrogen-bond donors (Lipinski definition) is 2. The number of aryl methyl sites for hydroxylation is 2. The van der Waals surface area contributed by atoms with E-state index in [1.165, 1.54) is 6.92 Å². The van der Waals surface area contributed by atoms with Gasteiger partial charge in [0, 0.05) is 37.8 Å². The quantitative estimate of drug-likeness (QED) is 0.869. The molecule has 0 bridgehead atoms. The molecule has 1 fully saturated rings. The molecule has 1 saturated heterocycles. The molecule has 1 aromatic heterocycles. The van der Waals surface area contributed by atoms with E-state index in [4.69, 9.17) is 0 Å². The minimum Gasteiger partial charge on any atom is -0.352 e. The monoisotopic (exact) mass is 305 g/mol. The van der Waals surface area contributed by atoms with E-state index >= 15 is 0 Å². The molecule has 0 saturated carbocycles. The zero-order valence-electron chi connectivity index (χ0n) is 13.4. The van der Waals surface area contributed by atoms with Gasteiger partial charge >= 0.3 is 0 Å². The largest absolute Gasteiger partial charge is 0.352 e. The number of likely N-dealkylation sites (tertiary alicyclic amines) is 1. The van der Waals surface area contributed by atoms with Crippen molar-refractivity contribution in [2.75, 3.05) is 13.1 Å². The molecule has 2 rings (SSSR count). The van der Waals surface area contributed by atoms with Crippen molar-refractivity contribution in [1.29, 1.82) is 0 Å². The van der Waals surface area contributed by atoms with Crippen LogP contribution in [0.25, 0.3) is 0 Å². The third-order valence-corrected chi connectivity index (χ3v) is 4.17. The van der Waals surface area contributed by atoms with Crippen molar-refractivity contribution in [2.24, 2.45) is 5.92 Å². The Bertz CT molecular complexity index is 636. The van der Waals surface area contributed by atoms with E-state index in [0.29, 0.717) is 12.1 Å². The third-order valence-electron chi connectivity index (χ3n) is 4.17. The van der Waals surface area contributed by atoms with E-state index in [-0.39, 0.29) is 29.8 Å². The fourth-order valence-corrected chi connectivity index (χ4v) is 2.90. The molecule has 22 heavy (non-hydrogen) atoms. The third kappa shape index (κ3) is 3.75. The summed E-state index contributed by atoms with van der Waals surface area (Å²) in [6.07, 6.45) is 1.61. The second kappa shape index (κ2) is 6.77. The topological polar surface area (TPSA) is 82.3 Å². The van der Waals surface area contributed by atoms with Gasteiger partial charge in [-0.3, -0.25) is 14.4 Å². The van der Waals surface area contributed by atoms with E-state index in [0.717, 1.165) is 30.6 Å². The van der Waals surface area contributed by atoms with E-state index < -0.39 is 0 Å². The van der Waals surface area contributed by atoms with Crippen LogP contribution in [-0.2, 0) is 16.1 Å². The predicted molar refractivity (Wildman–Crippen MR) is 83.4 cm³/mol. The SMILES string of the molecule is CC(=O)N1CCC[C@H](C(=O)NCc2c(C)cc(C)[nH]c2=O)C1. The van der Waals surface area contributed by atoms with Gasteiger partial charge < -0.3 is 15.2 Å². The van der Waals surface area contributed by atoms with Gasteiger partial charge in [-0.05, 0) is 38.3 Å². The molecule has 2 N–H and O–H groups in total. The van der Waals surface area contributed by atoms with Gasteiger partial charge in [0.15, 0.2) is 0 Å². The minimum absolute atomic E-state index is 0.00308. The van der Waals surface area contributed by atoms with Gasteiger partial charge in [-0.2, -0.15) is 0 Å². The summed E-state index contributed by atoms with van der Waals surface area (Å²) >= 11 is 0. The summed E-state index contributed by atoms with van der Waals surface area (Å²) in [6, 6.07) is 1.89. The number of carbonyl (C=O) groups excluding carboxylic acids is 2. The summed E-state index contributed by atoms with van der Waals surface area (Å²) in [6.45, 7) is 6.61. The maximum absolute atomic E-state index is 12.3. The van der Waals surface area contributed by atoms with Crippen molar-refractivity contribution in [1.82, 2.24) is 15.2 Å². The zero-order chi connectivity index (χ0) is 16.3. The fraction of sp³-hybridized carbons (Fsp3) is 0.562. The molecule has 6 heteroatoms. The van der Waals surface area contributed by atoms with Crippen LogP contribution in [0.1, 0.15) is 36.6 Å². The molecular formula is C16H23N3O3. The van der Waals surface area contributed by atoms with Gasteiger partial charge in [-0.15, -0.1) is 0 Å². The van der Waals surface area contributed by atoms with Crippen LogP contribution in [0.5, 0.6) is 0 Å². The van der Waals surface area contributed by atoms with Gasteiger partial charge in [-0.25, -0.2) is 0 Å². The molecule has 2 amide bonds. The second-order valence-corrected chi connectivity index (χ2v) is 5.97. The molecule has 0 spiro atoms. The van der Waals surface area contributed by atoms with Crippen LogP contribution in [0, 0.1) is 19.8 Å². The first-order chi connectivity index (χ1) is 10.4. The molecular weight excluding hydrogens is 282 g/mol. The summed E-state index contributed by atoms with van der Waals surface area (Å²) in [5, 5.41) is 2.83. The van der Waals surface area contributed by atoms with Gasteiger partial charge in [0.2, 0.25) is 11.8 Å². The van der Waals surface area contributed by atoms with E-state index in [1.807, 2.05) is 19.9 Å². The van der Waals surface area contributed by atoms with E-state index in [9.17, 15) is 14.4 Å². The van der Waals surface area contributed by atoms with Crippen LogP contribution in [0.2, 0.25) is 0 Å². The molecule has 1 atom stereocenters. The van der Waals surface area contributed by atoms with Gasteiger partial charge in [0.1, 0.15) is 0 Å². The molecule has 0 radical (unpaired) electrons. The highest BCUT2D eigenvalue weighted by Crippen LogP contribution is 2.17. The maximum Gasteiger partial charge on any atom is 0.253 e. The Balaban J connectivity index is 1.98. The number of rotatable bonds is 3. The Morgan fingerprint density at radius 3 is 2.77 bits per heavy atom. The number of nitrogens with one attached hydrogen (secondary N) is 2. The number of piperidine rings is 1. The normalized spacial score (nSPS) is 18.1. The smallest absolute Gasteiger partial charge is 0.253 e. The van der Waals surface area contributed by atoms with Crippen molar-refractivity contribution in [2.45, 2.75) is 40.2 Å². The van der Waals surface area contributed by atoms with Crippen molar-refractivity contribution in [3.63, 3.8) is 0 Å². The van der Waals surface area contributed by atoms with Crippen LogP contribution in [0.15, 0.2) is 10.9 Å². The number of hydrogen-bond acceptors (Lipinski definition) is 3. The lowest BCUT2D eigenvalue weighted by atomic mass is 9.97. The molecule has 2 heterocycles. The Labute approximate surface area is 129 Å². The zero-order valence-corrected chi connectivity index (χ0v) is 13.4. The van der Waals surface area contributed by atoms with Crippen molar-refractivity contribution in [3.8, 4) is 0 Å². The first kappa shape index (κ1) is 16.3. The number of carbonyl (C=O) groups is 2. The highest BCUT2D eigenvalue weighted by molar-refractivity contribution is 5.80. The minimum atomic E-state index is -0.192. The summed E-state index contributed by atoms with van der Waals surface area (Å²) in [4.78, 5) is 40.1. The highest BCUT2D eigenvalue weighted by atomic mass is 16.2. The first-order valence-electron chi connectivity index (χ1n) is 7.61. The second-order valence-electron chi connectivity index (χ2n) is 5.97. The van der Waals surface area contributed by atoms with Crippen molar-refractivity contribution in [3.05, 3.63) is 33.2 Å². The number of nitrogens with zero attached hydrogens (tertiary/aromatic N) is 1. The van der Waals surface area contributed by atoms with E-state index in [2.05, 4.69) is 10.3 Å². The first-order valence-corrected chi connectivity index (χ1v) is 7.61. The lowest BCUT2D eigenvalue weighted by Crippen LogP contribution is -2.44. The molecule has 0 aliphatic carbocycles. The Morgan fingerprint density at radius 2 is 2.14 bits per heavy atom. The van der Waals surface area contributed by atoms with Crippen LogP contribution >= 0.6 is 0 Å². The Hall–Kier alpha value is -2.11. The molecule has 1 aliphatic heterocycles. The Kier molecular flexibility index (Phi) is 5.00. The van der Waals surface area contributed by atoms with Crippen LogP contribution < -0.4 is 10.9 Å². The molecule has 6 nitrogen and oxygen atoms in total. The summed E-state index contributed by atoms with van der Waals surface area (Å²) in [5.41, 5.74) is 2.10. The van der Waals surface area contributed by atoms with Gasteiger partial charge in [-0.1, -0.05) is 0 Å². The molecule has 0 unspecified atom stereocenters. The number of aromatic amines is 1. The van der Waals surface area contributed by atoms with Crippen LogP contribution in [0.4, 0.5) is 0 Å². The maximum atomic E-state index is 12.3. The standard InChI is InChI=1S/C16H23N3O3/c1-10-7-11(2)18-16(22)14(10)8-17-15(21)13-5-4-6-19(9-13)12(3)20/h7,13H,4-6,8-9H2,1-3H3,(H,17,21)(H,18,22)/t13-/m0/s1. The average Bonchev–Trinajstić information content (AvgIpc) is 2.46. The van der Waals surface area contributed by atoms with E-state index in [1.54, 1.807) is 4.90 Å². The van der Waals surface area contributed by atoms with Crippen molar-refractivity contribution < 1.29 is 9.59 Å². The Morgan fingerprint density at radius 1 is 1.41 bits per heavy atom. The van der Waals surface area contributed by atoms with Gasteiger partial charge in [0.05, 0.1) is 5.92 Å². The molecule has 1 aliphatic rings. The van der Waals surface area contributed by atoms with Crippen LogP contribution in [0.3, 0.4) is 0 Å². The summed E-state index contributed by atoms with van der Waals surface area (Å²) < 4.78 is 0. The highest BCUT2D eigenvalue weighted by Gasteiger charge is 2.26. The number of amides is 2. The summed E-state index contributed by atoms with van der Waals surface area (Å²) in [7, 11) is 0. The number of aromatic nitrogens is 1. The number of pyridine rings is 1. The molecule has 120 valence electrons. The fourth-order valence-electron chi connectivity index (χ4n) is 2.90. The van der Waals surface area contributed by atoms with Crippen LogP contribution in [-0.4, -0.2) is 34.8 Å². The van der Waals surface area contributed by atoms with Gasteiger partial charge in [0.25, 0.3) is 5.56 Å². The lowest BCUT2D eigenvalue weighted by molar-refractivity contribution is -0.134. The lowest BCUT2D eigenvalue weighted by Gasteiger charge is -2.31. The van der Waals surface area contributed by atoms with Crippen molar-refractivity contribution >= 4 is 11.8 Å². The summed E-state index contributed by atoms with van der Waals surface area (Å²) in [5.74, 6) is -0.281. The number of H-pyrrole nitrogens is 1. The molecule has 0 aromatic carbocycles. The molecule has 1 aromatic rings. The average molecular weight is 305 g/mol.